The molecular formula is C36H43F2N3O4. The molecule has 2 saturated heterocycles. The lowest BCUT2D eigenvalue weighted by molar-refractivity contribution is -0.133. The molecule has 5 rings (SSSR count). The van der Waals surface area contributed by atoms with Crippen molar-refractivity contribution in [3.05, 3.63) is 102 Å². The highest BCUT2D eigenvalue weighted by Gasteiger charge is 2.45. The third-order valence-corrected chi connectivity index (χ3v) is 8.90. The lowest BCUT2D eigenvalue weighted by Crippen LogP contribution is -2.54. The number of para-hydroxylation sites is 1. The van der Waals surface area contributed by atoms with Gasteiger partial charge in [0.15, 0.2) is 0 Å². The number of hydrogen-bond donors (Lipinski definition) is 3. The van der Waals surface area contributed by atoms with Gasteiger partial charge in [-0.05, 0) is 54.7 Å². The van der Waals surface area contributed by atoms with Gasteiger partial charge in [0.25, 0.3) is 0 Å². The van der Waals surface area contributed by atoms with Crippen molar-refractivity contribution in [2.45, 2.75) is 69.7 Å². The summed E-state index contributed by atoms with van der Waals surface area (Å²) in [5, 5.41) is 18.0. The van der Waals surface area contributed by atoms with E-state index >= 15 is 0 Å². The first-order valence-electron chi connectivity index (χ1n) is 16.0. The van der Waals surface area contributed by atoms with E-state index in [1.54, 1.807) is 4.90 Å². The maximum absolute atomic E-state index is 14.2. The minimum absolute atomic E-state index is 0.00814. The van der Waals surface area contributed by atoms with Crippen LogP contribution in [-0.2, 0) is 22.4 Å². The summed E-state index contributed by atoms with van der Waals surface area (Å²) in [6.45, 7) is 3.48. The second-order valence-corrected chi connectivity index (χ2v) is 12.3. The van der Waals surface area contributed by atoms with E-state index in [0.717, 1.165) is 36.6 Å². The molecular weight excluding hydrogens is 576 g/mol. The van der Waals surface area contributed by atoms with E-state index < -0.39 is 41.7 Å². The number of rotatable bonds is 14. The molecule has 6 atom stereocenters. The summed E-state index contributed by atoms with van der Waals surface area (Å²) in [5.41, 5.74) is 1.28. The zero-order valence-corrected chi connectivity index (χ0v) is 25.7. The lowest BCUT2D eigenvalue weighted by atomic mass is 9.87. The molecule has 2 amide bonds. The van der Waals surface area contributed by atoms with Crippen molar-refractivity contribution in [1.29, 1.82) is 0 Å². The fourth-order valence-electron chi connectivity index (χ4n) is 6.56. The van der Waals surface area contributed by atoms with Gasteiger partial charge in [0.1, 0.15) is 23.5 Å². The van der Waals surface area contributed by atoms with Gasteiger partial charge in [0.05, 0.1) is 24.0 Å². The quantitative estimate of drug-likeness (QED) is 0.228. The van der Waals surface area contributed by atoms with E-state index in [1.165, 1.54) is 12.1 Å². The number of benzene rings is 3. The Morgan fingerprint density at radius 1 is 1.02 bits per heavy atom. The van der Waals surface area contributed by atoms with Crippen molar-refractivity contribution in [1.82, 2.24) is 15.5 Å². The smallest absolute Gasteiger partial charge is 0.226 e. The van der Waals surface area contributed by atoms with E-state index in [2.05, 4.69) is 17.6 Å². The fourth-order valence-corrected chi connectivity index (χ4v) is 6.56. The van der Waals surface area contributed by atoms with Crippen LogP contribution in [-0.4, -0.2) is 65.7 Å². The molecule has 240 valence electrons. The second-order valence-electron chi connectivity index (χ2n) is 12.3. The molecule has 0 bridgehead atoms. The molecule has 0 saturated carbocycles. The number of aliphatic hydroxyl groups is 1. The first-order valence-corrected chi connectivity index (χ1v) is 16.0. The van der Waals surface area contributed by atoms with Crippen LogP contribution in [0.2, 0.25) is 0 Å². The van der Waals surface area contributed by atoms with Gasteiger partial charge in [-0.1, -0.05) is 68.3 Å². The molecule has 2 fully saturated rings. The Balaban J connectivity index is 1.34. The highest BCUT2D eigenvalue weighted by Crippen LogP contribution is 2.30. The fraction of sp³-hybridized carbons (Fsp3) is 0.444. The van der Waals surface area contributed by atoms with Crippen molar-refractivity contribution in [2.24, 2.45) is 11.8 Å². The number of nitrogens with one attached hydrogen (secondary N) is 2. The first-order chi connectivity index (χ1) is 21.8. The third-order valence-electron chi connectivity index (χ3n) is 8.90. The van der Waals surface area contributed by atoms with Crippen molar-refractivity contribution in [3.8, 4) is 5.75 Å². The van der Waals surface area contributed by atoms with Crippen LogP contribution >= 0.6 is 0 Å². The number of halogens is 2. The van der Waals surface area contributed by atoms with Crippen LogP contribution in [0.4, 0.5) is 8.78 Å². The third kappa shape index (κ3) is 8.67. The van der Waals surface area contributed by atoms with Crippen LogP contribution in [0, 0.1) is 23.5 Å². The van der Waals surface area contributed by atoms with Crippen LogP contribution in [0.1, 0.15) is 43.7 Å². The second kappa shape index (κ2) is 15.5. The summed E-state index contributed by atoms with van der Waals surface area (Å²) >= 11 is 0. The van der Waals surface area contributed by atoms with Crippen LogP contribution in [0.15, 0.2) is 78.9 Å². The van der Waals surface area contributed by atoms with E-state index in [9.17, 15) is 23.5 Å². The van der Waals surface area contributed by atoms with Crippen molar-refractivity contribution in [3.63, 3.8) is 0 Å². The van der Waals surface area contributed by atoms with Crippen molar-refractivity contribution >= 4 is 11.8 Å². The molecule has 7 nitrogen and oxygen atoms in total. The van der Waals surface area contributed by atoms with Crippen LogP contribution in [0.3, 0.4) is 0 Å². The molecule has 0 aliphatic carbocycles. The lowest BCUT2D eigenvalue weighted by Gasteiger charge is -2.30. The molecule has 2 aliphatic rings. The molecule has 2 heterocycles. The van der Waals surface area contributed by atoms with Crippen LogP contribution in [0.25, 0.3) is 0 Å². The number of nitrogens with zero attached hydrogens (tertiary/aromatic N) is 1. The summed E-state index contributed by atoms with van der Waals surface area (Å²) < 4.78 is 34.4. The van der Waals surface area contributed by atoms with Gasteiger partial charge < -0.3 is 25.4 Å². The van der Waals surface area contributed by atoms with E-state index in [1.807, 2.05) is 60.7 Å². The Hall–Kier alpha value is -3.82. The molecule has 45 heavy (non-hydrogen) atoms. The predicted octanol–water partition coefficient (Wildman–Crippen LogP) is 4.67. The maximum atomic E-state index is 14.2. The van der Waals surface area contributed by atoms with Gasteiger partial charge in [-0.15, -0.1) is 0 Å². The summed E-state index contributed by atoms with van der Waals surface area (Å²) in [5.74, 6) is -2.32. The number of hydrogen-bond acceptors (Lipinski definition) is 5. The highest BCUT2D eigenvalue weighted by molar-refractivity contribution is 5.91. The predicted molar refractivity (Wildman–Crippen MR) is 168 cm³/mol. The van der Waals surface area contributed by atoms with Gasteiger partial charge in [-0.25, -0.2) is 8.78 Å². The Morgan fingerprint density at radius 2 is 1.71 bits per heavy atom. The zero-order valence-electron chi connectivity index (χ0n) is 25.7. The number of likely N-dealkylation sites (tertiary alicyclic amines) is 1. The SMILES string of the molecule is CCCCCN1CC(C(=O)N[C@@H](Cc2cc(F)cc(F)c2)[C@H](O)[C@H]2C[C@@H](Oc3ccccc3)CN2)C(Cc2ccccc2)C1=O. The molecule has 0 spiro atoms. The summed E-state index contributed by atoms with van der Waals surface area (Å²) in [6, 6.07) is 21.0. The van der Waals surface area contributed by atoms with Crippen LogP contribution in [0.5, 0.6) is 5.75 Å². The minimum Gasteiger partial charge on any atom is -0.489 e. The normalized spacial score (nSPS) is 22.8. The standard InChI is InChI=1S/C36H43F2N3O4/c1-2-3-10-15-41-23-31(30(36(41)44)18-24-11-6-4-7-12-24)35(43)40-33(19-25-16-26(37)20-27(38)17-25)34(42)32-21-29(22-39-32)45-28-13-8-5-9-14-28/h4-9,11-14,16-17,20,29-34,39,42H,2-3,10,15,18-19,21-23H2,1H3,(H,40,43)/t29-,30?,31?,32-,33+,34-/m1/s1. The molecule has 2 unspecified atom stereocenters. The number of carbonyl (C=O) groups excluding carboxylic acids is 2. The van der Waals surface area contributed by atoms with Crippen molar-refractivity contribution < 1.29 is 28.2 Å². The van der Waals surface area contributed by atoms with Gasteiger partial charge in [-0.3, -0.25) is 9.59 Å². The Bertz CT molecular complexity index is 1390. The van der Waals surface area contributed by atoms with E-state index in [4.69, 9.17) is 4.74 Å². The van der Waals surface area contributed by atoms with Crippen LogP contribution < -0.4 is 15.4 Å². The summed E-state index contributed by atoms with van der Waals surface area (Å²) in [7, 11) is 0. The maximum Gasteiger partial charge on any atom is 0.226 e. The topological polar surface area (TPSA) is 90.9 Å². The molecule has 0 aromatic heterocycles. The van der Waals surface area contributed by atoms with Gasteiger partial charge in [0, 0.05) is 38.2 Å². The summed E-state index contributed by atoms with van der Waals surface area (Å²) in [6.07, 6.45) is 2.49. The number of carbonyl (C=O) groups is 2. The highest BCUT2D eigenvalue weighted by atomic mass is 19.1. The Labute approximate surface area is 264 Å². The molecule has 0 radical (unpaired) electrons. The molecule has 3 aromatic rings. The van der Waals surface area contributed by atoms with E-state index in [-0.39, 0.29) is 30.9 Å². The number of unbranched alkanes of at least 4 members (excludes halogenated alkanes) is 2. The van der Waals surface area contributed by atoms with Gasteiger partial charge in [0.2, 0.25) is 11.8 Å². The Morgan fingerprint density at radius 3 is 2.40 bits per heavy atom. The average molecular weight is 620 g/mol. The molecule has 3 aromatic carbocycles. The molecule has 9 heteroatoms. The Kier molecular flexibility index (Phi) is 11.2. The van der Waals surface area contributed by atoms with Gasteiger partial charge >= 0.3 is 0 Å². The number of amides is 2. The molecule has 2 aliphatic heterocycles. The zero-order chi connectivity index (χ0) is 31.8. The monoisotopic (exact) mass is 619 g/mol. The van der Waals surface area contributed by atoms with Gasteiger partial charge in [-0.2, -0.15) is 0 Å². The summed E-state index contributed by atoms with van der Waals surface area (Å²) in [4.78, 5) is 29.4. The number of ether oxygens (including phenoxy) is 1. The van der Waals surface area contributed by atoms with Crippen molar-refractivity contribution in [2.75, 3.05) is 19.6 Å². The minimum atomic E-state index is -1.09. The van der Waals surface area contributed by atoms with E-state index in [0.29, 0.717) is 31.5 Å². The number of aliphatic hydroxyl groups excluding tert-OH is 1. The average Bonchev–Trinajstić information content (AvgIpc) is 3.61. The largest absolute Gasteiger partial charge is 0.489 e. The first kappa shape index (κ1) is 32.6. The molecule has 3 N–H and O–H groups in total.